The molecule has 0 atom stereocenters. The third kappa shape index (κ3) is 5.52. The van der Waals surface area contributed by atoms with E-state index in [2.05, 4.69) is 28.5 Å². The van der Waals surface area contributed by atoms with Gasteiger partial charge in [-0.3, -0.25) is 4.98 Å². The smallest absolute Gasteiger partial charge is 0.119 e. The van der Waals surface area contributed by atoms with E-state index in [1.54, 1.807) is 0 Å². The van der Waals surface area contributed by atoms with Gasteiger partial charge in [-0.05, 0) is 62.1 Å². The van der Waals surface area contributed by atoms with E-state index in [0.29, 0.717) is 11.6 Å². The summed E-state index contributed by atoms with van der Waals surface area (Å²) >= 11 is 0. The number of aromatic nitrogens is 1. The molecule has 0 radical (unpaired) electrons. The van der Waals surface area contributed by atoms with Crippen LogP contribution in [0.25, 0.3) is 10.9 Å². The predicted molar refractivity (Wildman–Crippen MR) is 124 cm³/mol. The Hall–Kier alpha value is -2.50. The van der Waals surface area contributed by atoms with Crippen LogP contribution in [0.1, 0.15) is 37.8 Å². The summed E-state index contributed by atoms with van der Waals surface area (Å²) in [4.78, 5) is 4.58. The van der Waals surface area contributed by atoms with Gasteiger partial charge in [-0.15, -0.1) is 12.4 Å². The number of anilines is 3. The van der Waals surface area contributed by atoms with Gasteiger partial charge in [-0.25, -0.2) is 0 Å². The molecule has 2 aromatic carbocycles. The summed E-state index contributed by atoms with van der Waals surface area (Å²) in [5.41, 5.74) is 10.6. The number of nitrogens with zero attached hydrogens (tertiary/aromatic N) is 1. The van der Waals surface area contributed by atoms with E-state index in [4.69, 9.17) is 10.5 Å². The monoisotopic (exact) mass is 415 g/mol. The third-order valence-electron chi connectivity index (χ3n) is 5.34. The van der Waals surface area contributed by atoms with E-state index >= 15 is 0 Å². The molecule has 0 aliphatic heterocycles. The van der Waals surface area contributed by atoms with Crippen molar-refractivity contribution >= 4 is 40.4 Å². The highest BCUT2D eigenvalue weighted by Crippen LogP contribution is 2.30. The fourth-order valence-corrected chi connectivity index (χ4v) is 3.86. The van der Waals surface area contributed by atoms with Crippen LogP contribution >= 0.6 is 12.4 Å². The number of ether oxygens (including phenoxy) is 1. The van der Waals surface area contributed by atoms with E-state index in [1.165, 1.54) is 32.1 Å². The molecule has 0 spiro atoms. The minimum atomic E-state index is 0. The molecular formula is C23H30ClN3O2. The Kier molecular flexibility index (Phi) is 8.11. The average Bonchev–Trinajstić information content (AvgIpc) is 2.69. The summed E-state index contributed by atoms with van der Waals surface area (Å²) in [6.45, 7) is 2.82. The zero-order chi connectivity index (χ0) is 18.6. The minimum Gasteiger partial charge on any atom is -0.493 e. The Morgan fingerprint density at radius 3 is 2.52 bits per heavy atom. The van der Waals surface area contributed by atoms with Crippen LogP contribution in [0, 0.1) is 12.8 Å². The molecule has 0 saturated heterocycles. The number of hydrogen-bond acceptors (Lipinski definition) is 4. The summed E-state index contributed by atoms with van der Waals surface area (Å²) in [7, 11) is 0. The Bertz CT molecular complexity index is 925. The first-order chi connectivity index (χ1) is 13.2. The van der Waals surface area contributed by atoms with Crippen molar-refractivity contribution in [1.82, 2.24) is 4.98 Å². The Balaban J connectivity index is 0.00000150. The summed E-state index contributed by atoms with van der Waals surface area (Å²) in [6, 6.07) is 16.1. The number of rotatable bonds is 5. The molecule has 0 bridgehead atoms. The number of nitrogen functional groups attached to an aromatic ring is 1. The molecule has 1 saturated carbocycles. The summed E-state index contributed by atoms with van der Waals surface area (Å²) in [6.07, 6.45) is 6.68. The Morgan fingerprint density at radius 1 is 1.07 bits per heavy atom. The zero-order valence-electron chi connectivity index (χ0n) is 16.8. The summed E-state index contributed by atoms with van der Waals surface area (Å²) in [5.74, 6) is 1.65. The Labute approximate surface area is 178 Å². The van der Waals surface area contributed by atoms with Crippen LogP contribution in [0.15, 0.2) is 48.5 Å². The topological polar surface area (TPSA) is 91.7 Å². The third-order valence-corrected chi connectivity index (χ3v) is 5.34. The lowest BCUT2D eigenvalue weighted by molar-refractivity contribution is 0.209. The van der Waals surface area contributed by atoms with Crippen molar-refractivity contribution in [2.45, 2.75) is 39.0 Å². The van der Waals surface area contributed by atoms with Gasteiger partial charge < -0.3 is 21.3 Å². The number of pyridine rings is 1. The molecule has 3 aromatic rings. The second-order valence-corrected chi connectivity index (χ2v) is 7.52. The van der Waals surface area contributed by atoms with Gasteiger partial charge in [0, 0.05) is 22.5 Å². The maximum absolute atomic E-state index is 6.10. The van der Waals surface area contributed by atoms with E-state index in [0.717, 1.165) is 40.3 Å². The molecule has 1 aliphatic rings. The first-order valence-corrected chi connectivity index (χ1v) is 9.85. The normalized spacial score (nSPS) is 14.0. The van der Waals surface area contributed by atoms with Crippen LogP contribution in [-0.4, -0.2) is 17.1 Å². The van der Waals surface area contributed by atoms with Crippen molar-refractivity contribution in [2.75, 3.05) is 17.7 Å². The minimum absolute atomic E-state index is 0. The number of nitrogens with one attached hydrogen (secondary N) is 1. The van der Waals surface area contributed by atoms with Gasteiger partial charge in [0.05, 0.1) is 17.8 Å². The maximum atomic E-state index is 6.10. The Morgan fingerprint density at radius 2 is 1.79 bits per heavy atom. The number of halogens is 1. The molecule has 0 unspecified atom stereocenters. The average molecular weight is 416 g/mol. The second kappa shape index (κ2) is 10.3. The van der Waals surface area contributed by atoms with Crippen molar-refractivity contribution in [2.24, 2.45) is 5.92 Å². The van der Waals surface area contributed by atoms with Crippen LogP contribution in [-0.2, 0) is 0 Å². The van der Waals surface area contributed by atoms with Crippen molar-refractivity contribution < 1.29 is 10.2 Å². The molecule has 1 fully saturated rings. The molecule has 156 valence electrons. The number of nitrogens with two attached hydrogens (primary N) is 1. The zero-order valence-corrected chi connectivity index (χ0v) is 17.6. The number of aryl methyl sites for hydroxylation is 1. The fraction of sp³-hybridized carbons (Fsp3) is 0.348. The quantitative estimate of drug-likeness (QED) is 0.544. The molecule has 1 aliphatic carbocycles. The highest BCUT2D eigenvalue weighted by Gasteiger charge is 2.14. The van der Waals surface area contributed by atoms with Gasteiger partial charge in [0.2, 0.25) is 0 Å². The highest BCUT2D eigenvalue weighted by molar-refractivity contribution is 5.99. The standard InChI is InChI=1S/C23H27N3O.ClH.H2O/c1-16-14-22(20-8-5-9-21(24)23(20)25-16)26-18-10-12-19(13-11-18)27-15-17-6-3-2-4-7-17;;/h5,8-14,17H,2-4,6-7,15,24H2,1H3,(H,25,26);1H;1H2. The molecule has 5 N–H and O–H groups in total. The van der Waals surface area contributed by atoms with Crippen molar-refractivity contribution in [3.8, 4) is 5.75 Å². The summed E-state index contributed by atoms with van der Waals surface area (Å²) < 4.78 is 6.00. The van der Waals surface area contributed by atoms with Gasteiger partial charge in [-0.1, -0.05) is 31.4 Å². The fourth-order valence-electron chi connectivity index (χ4n) is 3.86. The molecule has 4 rings (SSSR count). The van der Waals surface area contributed by atoms with Crippen molar-refractivity contribution in [1.29, 1.82) is 0 Å². The number of hydrogen-bond donors (Lipinski definition) is 2. The molecule has 1 heterocycles. The van der Waals surface area contributed by atoms with Crippen LogP contribution in [0.5, 0.6) is 5.75 Å². The van der Waals surface area contributed by atoms with Crippen LogP contribution < -0.4 is 15.8 Å². The van der Waals surface area contributed by atoms with E-state index in [9.17, 15) is 0 Å². The second-order valence-electron chi connectivity index (χ2n) is 7.52. The van der Waals surface area contributed by atoms with E-state index in [1.807, 2.05) is 37.3 Å². The molecule has 6 heteroatoms. The van der Waals surface area contributed by atoms with Crippen molar-refractivity contribution in [3.05, 3.63) is 54.2 Å². The largest absolute Gasteiger partial charge is 0.493 e. The van der Waals surface area contributed by atoms with Crippen LogP contribution in [0.4, 0.5) is 17.1 Å². The maximum Gasteiger partial charge on any atom is 0.119 e. The molecule has 1 aromatic heterocycles. The van der Waals surface area contributed by atoms with Gasteiger partial charge in [0.15, 0.2) is 0 Å². The number of fused-ring (bicyclic) bond motifs is 1. The highest BCUT2D eigenvalue weighted by atomic mass is 35.5. The lowest BCUT2D eigenvalue weighted by Crippen LogP contribution is -2.15. The SMILES string of the molecule is Cc1cc(Nc2ccc(OCC3CCCCC3)cc2)c2cccc(N)c2n1.Cl.O. The molecule has 0 amide bonds. The van der Waals surface area contributed by atoms with Gasteiger partial charge in [0.25, 0.3) is 0 Å². The van der Waals surface area contributed by atoms with Gasteiger partial charge in [-0.2, -0.15) is 0 Å². The number of benzene rings is 2. The predicted octanol–water partition coefficient (Wildman–Crippen LogP) is 5.43. The lowest BCUT2D eigenvalue weighted by Gasteiger charge is -2.21. The molecule has 29 heavy (non-hydrogen) atoms. The van der Waals surface area contributed by atoms with Crippen molar-refractivity contribution in [3.63, 3.8) is 0 Å². The first-order valence-electron chi connectivity index (χ1n) is 9.85. The number of para-hydroxylation sites is 1. The molecule has 5 nitrogen and oxygen atoms in total. The van der Waals surface area contributed by atoms with Gasteiger partial charge >= 0.3 is 0 Å². The van der Waals surface area contributed by atoms with Crippen LogP contribution in [0.3, 0.4) is 0 Å². The van der Waals surface area contributed by atoms with Crippen LogP contribution in [0.2, 0.25) is 0 Å². The molecular weight excluding hydrogens is 386 g/mol. The first kappa shape index (κ1) is 22.8. The lowest BCUT2D eigenvalue weighted by atomic mass is 9.90. The van der Waals surface area contributed by atoms with E-state index < -0.39 is 0 Å². The summed E-state index contributed by atoms with van der Waals surface area (Å²) in [5, 5.41) is 4.52. The van der Waals surface area contributed by atoms with E-state index in [-0.39, 0.29) is 17.9 Å². The van der Waals surface area contributed by atoms with Gasteiger partial charge in [0.1, 0.15) is 5.75 Å².